The van der Waals surface area contributed by atoms with Gasteiger partial charge < -0.3 is 36.9 Å². The Balaban J connectivity index is 0.742. The normalized spacial score (nSPS) is 14.5. The smallest absolute Gasteiger partial charge is 0.336 e. The van der Waals surface area contributed by atoms with E-state index < -0.39 is 11.3 Å². The Kier molecular flexibility index (Phi) is 10.1. The molecule has 4 aromatic heterocycles. The minimum Gasteiger partial charge on any atom is -0.486 e. The van der Waals surface area contributed by atoms with E-state index in [0.29, 0.717) is 47.0 Å². The molecular weight excluding hydrogens is 612 g/mol. The summed E-state index contributed by atoms with van der Waals surface area (Å²) in [5.41, 5.74) is 1.33. The van der Waals surface area contributed by atoms with Crippen molar-refractivity contribution in [2.45, 2.75) is 51.4 Å². The van der Waals surface area contributed by atoms with Crippen LogP contribution in [0.1, 0.15) is 51.4 Å². The molecule has 10 nitrogen and oxygen atoms in total. The molecule has 0 N–H and O–H groups in total. The molecule has 1 fully saturated rings. The van der Waals surface area contributed by atoms with Gasteiger partial charge in [0.05, 0.1) is 25.7 Å². The number of piperazine rings is 1. The van der Waals surface area contributed by atoms with Gasteiger partial charge in [0.15, 0.2) is 22.3 Å². The summed E-state index contributed by atoms with van der Waals surface area (Å²) < 4.78 is 34.4. The number of unbranched alkanes of at least 4 members (excludes halogenated alkanes) is 6. The number of rotatable bonds is 16. The minimum absolute atomic E-state index is 0.397. The van der Waals surface area contributed by atoms with E-state index in [1.165, 1.54) is 25.0 Å². The molecule has 0 radical (unpaired) electrons. The summed E-state index contributed by atoms with van der Waals surface area (Å²) in [5.74, 6) is 1.03. The summed E-state index contributed by atoms with van der Waals surface area (Å²) in [6.45, 7) is 7.90. The van der Waals surface area contributed by atoms with Crippen LogP contribution in [0.3, 0.4) is 0 Å². The van der Waals surface area contributed by atoms with Gasteiger partial charge in [-0.2, -0.15) is 0 Å². The Morgan fingerprint density at radius 1 is 0.500 bits per heavy atom. The summed E-state index contributed by atoms with van der Waals surface area (Å²) in [7, 11) is 0. The highest BCUT2D eigenvalue weighted by Gasteiger charge is 2.18. The van der Waals surface area contributed by atoms with Crippen molar-refractivity contribution in [2.24, 2.45) is 0 Å². The number of fused-ring (bicyclic) bond motifs is 4. The molecule has 252 valence electrons. The molecule has 0 aliphatic carbocycles. The Morgan fingerprint density at radius 3 is 1.38 bits per heavy atom. The highest BCUT2D eigenvalue weighted by Crippen LogP contribution is 2.36. The van der Waals surface area contributed by atoms with Crippen LogP contribution in [-0.4, -0.2) is 62.3 Å². The molecule has 0 amide bonds. The van der Waals surface area contributed by atoms with Crippen LogP contribution in [-0.2, 0) is 0 Å². The molecule has 0 saturated carbocycles. The second-order valence-corrected chi connectivity index (χ2v) is 12.6. The third-order valence-electron chi connectivity index (χ3n) is 9.26. The quantitative estimate of drug-likeness (QED) is 0.0764. The fourth-order valence-electron chi connectivity index (χ4n) is 6.64. The molecule has 1 aliphatic heterocycles. The first-order valence-corrected chi connectivity index (χ1v) is 17.2. The van der Waals surface area contributed by atoms with Crippen molar-refractivity contribution in [3.8, 4) is 11.5 Å². The maximum atomic E-state index is 11.8. The van der Waals surface area contributed by atoms with Crippen molar-refractivity contribution >= 4 is 43.9 Å². The first-order chi connectivity index (χ1) is 23.6. The predicted octanol–water partition coefficient (Wildman–Crippen LogP) is 7.59. The van der Waals surface area contributed by atoms with Crippen LogP contribution in [0, 0.1) is 0 Å². The van der Waals surface area contributed by atoms with Gasteiger partial charge in [0.2, 0.25) is 11.5 Å². The Morgan fingerprint density at radius 2 is 0.917 bits per heavy atom. The molecule has 0 unspecified atom stereocenters. The van der Waals surface area contributed by atoms with E-state index in [-0.39, 0.29) is 0 Å². The van der Waals surface area contributed by atoms with Gasteiger partial charge in [0.25, 0.3) is 0 Å². The van der Waals surface area contributed by atoms with Crippen LogP contribution >= 0.6 is 0 Å². The Bertz CT molecular complexity index is 1930. The summed E-state index contributed by atoms with van der Waals surface area (Å²) >= 11 is 0. The predicted molar refractivity (Wildman–Crippen MR) is 185 cm³/mol. The molecule has 10 heteroatoms. The molecule has 0 spiro atoms. The topological polar surface area (TPSA) is 112 Å². The number of hydrogen-bond acceptors (Lipinski definition) is 10. The fourth-order valence-corrected chi connectivity index (χ4v) is 6.64. The van der Waals surface area contributed by atoms with Gasteiger partial charge in [-0.3, -0.25) is 0 Å². The third kappa shape index (κ3) is 7.45. The van der Waals surface area contributed by atoms with Crippen LogP contribution in [0.4, 0.5) is 0 Å². The lowest BCUT2D eigenvalue weighted by Crippen LogP contribution is -2.46. The number of benzene rings is 2. The third-order valence-corrected chi connectivity index (χ3v) is 9.26. The van der Waals surface area contributed by atoms with Gasteiger partial charge in [0.1, 0.15) is 0 Å². The monoisotopic (exact) mass is 654 g/mol. The van der Waals surface area contributed by atoms with E-state index in [9.17, 15) is 9.59 Å². The number of ether oxygens (including phenoxy) is 2. The summed E-state index contributed by atoms with van der Waals surface area (Å²) in [6, 6.07) is 14.0. The minimum atomic E-state index is -0.397. The average Bonchev–Trinajstić information content (AvgIpc) is 3.77. The number of nitrogens with zero attached hydrogens (tertiary/aromatic N) is 2. The lowest BCUT2D eigenvalue weighted by Gasteiger charge is -2.34. The zero-order valence-electron chi connectivity index (χ0n) is 27.2. The van der Waals surface area contributed by atoms with Crippen molar-refractivity contribution in [3.05, 3.63) is 81.9 Å². The van der Waals surface area contributed by atoms with Gasteiger partial charge in [-0.1, -0.05) is 25.7 Å². The van der Waals surface area contributed by atoms with Gasteiger partial charge in [0, 0.05) is 59.9 Å². The van der Waals surface area contributed by atoms with E-state index in [1.54, 1.807) is 24.7 Å². The molecule has 5 heterocycles. The molecule has 1 saturated heterocycles. The number of hydrogen-bond donors (Lipinski definition) is 0. The number of furan rings is 2. The van der Waals surface area contributed by atoms with Crippen LogP contribution in [0.2, 0.25) is 0 Å². The van der Waals surface area contributed by atoms with Crippen molar-refractivity contribution in [3.63, 3.8) is 0 Å². The first kappa shape index (κ1) is 32.0. The van der Waals surface area contributed by atoms with E-state index in [1.807, 2.05) is 24.3 Å². The largest absolute Gasteiger partial charge is 0.486 e. The lowest BCUT2D eigenvalue weighted by atomic mass is 10.1. The second kappa shape index (κ2) is 15.1. The molecule has 48 heavy (non-hydrogen) atoms. The molecule has 7 rings (SSSR count). The van der Waals surface area contributed by atoms with Gasteiger partial charge in [-0.05, 0) is 75.2 Å². The van der Waals surface area contributed by atoms with Crippen molar-refractivity contribution < 1.29 is 27.1 Å². The van der Waals surface area contributed by atoms with Crippen molar-refractivity contribution in [2.75, 3.05) is 52.5 Å². The molecule has 1 aliphatic rings. The Labute approximate surface area is 277 Å². The molecule has 6 aromatic rings. The summed E-state index contributed by atoms with van der Waals surface area (Å²) in [6.07, 6.45) is 12.0. The van der Waals surface area contributed by atoms with E-state index in [4.69, 9.17) is 27.1 Å². The zero-order chi connectivity index (χ0) is 32.7. The summed E-state index contributed by atoms with van der Waals surface area (Å²) in [4.78, 5) is 28.8. The first-order valence-electron chi connectivity index (χ1n) is 17.2. The SMILES string of the molecule is O=c1ccc2cc3ccoc3c(OCCCCCCN3CCN(CCCCCCOc4c5occc5cc5ccc(=O)oc45)CC3)c2o1. The van der Waals surface area contributed by atoms with Crippen molar-refractivity contribution in [1.82, 2.24) is 9.80 Å². The van der Waals surface area contributed by atoms with Gasteiger partial charge in [-0.25, -0.2) is 9.59 Å². The van der Waals surface area contributed by atoms with Gasteiger partial charge >= 0.3 is 11.3 Å². The lowest BCUT2D eigenvalue weighted by molar-refractivity contribution is 0.128. The standard InChI is InChI=1S/C38H42N2O8/c41-31-11-9-27-25-29-13-23-45-33(29)37(35(27)47-31)43-21-7-3-1-5-15-39-17-19-40(20-18-39)16-6-2-4-8-22-44-38-34-30(14-24-46-34)26-28-10-12-32(42)48-36(28)38/h9-14,23-26H,1-8,15-22H2. The molecule has 0 atom stereocenters. The van der Waals surface area contributed by atoms with Gasteiger partial charge in [-0.15, -0.1) is 0 Å². The Hall–Kier alpha value is -4.54. The van der Waals surface area contributed by atoms with Crippen LogP contribution in [0.15, 0.2) is 88.3 Å². The van der Waals surface area contributed by atoms with E-state index >= 15 is 0 Å². The molecule has 0 bridgehead atoms. The summed E-state index contributed by atoms with van der Waals surface area (Å²) in [5, 5.41) is 3.52. The van der Waals surface area contributed by atoms with E-state index in [2.05, 4.69) is 9.80 Å². The second-order valence-electron chi connectivity index (χ2n) is 12.6. The maximum absolute atomic E-state index is 11.8. The van der Waals surface area contributed by atoms with Crippen molar-refractivity contribution in [1.29, 1.82) is 0 Å². The highest BCUT2D eigenvalue weighted by molar-refractivity contribution is 6.00. The van der Waals surface area contributed by atoms with Crippen LogP contribution in [0.5, 0.6) is 11.5 Å². The molecular formula is C38H42N2O8. The van der Waals surface area contributed by atoms with Crippen LogP contribution in [0.25, 0.3) is 43.9 Å². The highest BCUT2D eigenvalue weighted by atomic mass is 16.5. The molecule has 2 aromatic carbocycles. The maximum Gasteiger partial charge on any atom is 0.336 e. The zero-order valence-corrected chi connectivity index (χ0v) is 27.2. The van der Waals surface area contributed by atoms with E-state index in [0.717, 1.165) is 99.3 Å². The average molecular weight is 655 g/mol. The fraction of sp³-hybridized carbons (Fsp3) is 0.421. The van der Waals surface area contributed by atoms with Crippen LogP contribution < -0.4 is 20.7 Å².